The zero-order valence-electron chi connectivity index (χ0n) is 19.3. The number of benzene rings is 2. The van der Waals surface area contributed by atoms with Crippen molar-refractivity contribution in [2.45, 2.75) is 0 Å². The van der Waals surface area contributed by atoms with Gasteiger partial charge in [0, 0.05) is 17.7 Å². The maximum Gasteiger partial charge on any atom is 0.291 e. The minimum absolute atomic E-state index is 0.0685. The smallest absolute Gasteiger partial charge is 0.291 e. The number of nitro benzene ring substituents is 1. The Bertz CT molecular complexity index is 1690. The van der Waals surface area contributed by atoms with Gasteiger partial charge in [0.15, 0.2) is 17.3 Å². The second-order valence-corrected chi connectivity index (χ2v) is 8.44. The lowest BCUT2D eigenvalue weighted by molar-refractivity contribution is -0.384. The van der Waals surface area contributed by atoms with Gasteiger partial charge in [0.2, 0.25) is 10.7 Å². The van der Waals surface area contributed by atoms with Crippen molar-refractivity contribution in [3.05, 3.63) is 79.3 Å². The van der Waals surface area contributed by atoms with Crippen molar-refractivity contribution in [1.29, 1.82) is 0 Å². The van der Waals surface area contributed by atoms with Gasteiger partial charge in [0.1, 0.15) is 16.1 Å². The number of rotatable bonds is 7. The summed E-state index contributed by atoms with van der Waals surface area (Å²) in [5.41, 5.74) is 0.499. The van der Waals surface area contributed by atoms with Crippen LogP contribution in [0.3, 0.4) is 0 Å². The molecule has 0 atom stereocenters. The van der Waals surface area contributed by atoms with Crippen LogP contribution in [0.1, 0.15) is 5.76 Å². The minimum Gasteiger partial charge on any atom is -0.493 e. The Hall–Kier alpha value is -4.71. The van der Waals surface area contributed by atoms with Crippen molar-refractivity contribution in [2.75, 3.05) is 21.3 Å². The van der Waals surface area contributed by atoms with E-state index in [1.807, 2.05) is 0 Å². The lowest BCUT2D eigenvalue weighted by Crippen LogP contribution is -2.23. The fraction of sp³-hybridized carbons (Fsp3) is 0.125. The third-order valence-electron chi connectivity index (χ3n) is 5.37. The molecule has 182 valence electrons. The number of thiazole rings is 1. The first-order valence-corrected chi connectivity index (χ1v) is 11.3. The van der Waals surface area contributed by atoms with E-state index in [0.29, 0.717) is 55.2 Å². The van der Waals surface area contributed by atoms with E-state index in [4.69, 9.17) is 18.6 Å². The number of methoxy groups -OCH3 is 3. The predicted molar refractivity (Wildman–Crippen MR) is 132 cm³/mol. The number of hydrogen-bond acceptors (Lipinski definition) is 10. The van der Waals surface area contributed by atoms with E-state index in [-0.39, 0.29) is 11.2 Å². The first-order chi connectivity index (χ1) is 17.4. The highest BCUT2D eigenvalue weighted by atomic mass is 32.1. The molecule has 0 aliphatic rings. The number of para-hydroxylation sites is 1. The van der Waals surface area contributed by atoms with E-state index < -0.39 is 4.92 Å². The molecule has 3 heterocycles. The SMILES string of the molecule is COc1cc(-c2nc3s/c(=C\c4ccc(-c5ccccc5[N+](=O)[O-])o4)c(=O)n3n2)cc(OC)c1OC. The first kappa shape index (κ1) is 23.1. The van der Waals surface area contributed by atoms with E-state index in [0.717, 1.165) is 11.3 Å². The van der Waals surface area contributed by atoms with Crippen LogP contribution >= 0.6 is 11.3 Å². The van der Waals surface area contributed by atoms with Crippen LogP contribution in [0.4, 0.5) is 5.69 Å². The van der Waals surface area contributed by atoms with Gasteiger partial charge in [-0.1, -0.05) is 23.5 Å². The molecule has 0 N–H and O–H groups in total. The third-order valence-corrected chi connectivity index (χ3v) is 6.33. The van der Waals surface area contributed by atoms with Gasteiger partial charge in [0.25, 0.3) is 11.2 Å². The number of hydrogen-bond donors (Lipinski definition) is 0. The zero-order chi connectivity index (χ0) is 25.4. The second kappa shape index (κ2) is 9.15. The Morgan fingerprint density at radius 1 is 1.06 bits per heavy atom. The van der Waals surface area contributed by atoms with E-state index in [2.05, 4.69) is 10.1 Å². The molecule has 0 aliphatic carbocycles. The number of aromatic nitrogens is 3. The topological polar surface area (TPSA) is 131 Å². The molecule has 36 heavy (non-hydrogen) atoms. The molecular formula is C24H18N4O7S. The predicted octanol–water partition coefficient (Wildman–Crippen LogP) is 3.56. The maximum absolute atomic E-state index is 13.0. The summed E-state index contributed by atoms with van der Waals surface area (Å²) < 4.78 is 23.4. The highest BCUT2D eigenvalue weighted by molar-refractivity contribution is 7.15. The Morgan fingerprint density at radius 3 is 2.42 bits per heavy atom. The van der Waals surface area contributed by atoms with Crippen LogP contribution in [-0.4, -0.2) is 40.9 Å². The van der Waals surface area contributed by atoms with Gasteiger partial charge in [-0.3, -0.25) is 14.9 Å². The average molecular weight is 506 g/mol. The molecule has 5 rings (SSSR count). The quantitative estimate of drug-likeness (QED) is 0.240. The van der Waals surface area contributed by atoms with Gasteiger partial charge < -0.3 is 18.6 Å². The van der Waals surface area contributed by atoms with Crippen LogP contribution in [-0.2, 0) is 0 Å². The highest BCUT2D eigenvalue weighted by Gasteiger charge is 2.19. The van der Waals surface area contributed by atoms with Crippen LogP contribution in [0.15, 0.2) is 57.7 Å². The number of nitro groups is 1. The van der Waals surface area contributed by atoms with Crippen molar-refractivity contribution in [3.63, 3.8) is 0 Å². The molecule has 3 aromatic heterocycles. The number of fused-ring (bicyclic) bond motifs is 1. The summed E-state index contributed by atoms with van der Waals surface area (Å²) in [4.78, 5) is 28.7. The summed E-state index contributed by atoms with van der Waals surface area (Å²) in [6, 6.07) is 12.9. The van der Waals surface area contributed by atoms with E-state index in [1.54, 1.807) is 48.5 Å². The summed E-state index contributed by atoms with van der Waals surface area (Å²) in [6.45, 7) is 0. The molecule has 12 heteroatoms. The van der Waals surface area contributed by atoms with Crippen LogP contribution in [0.25, 0.3) is 33.7 Å². The molecule has 5 aromatic rings. The fourth-order valence-corrected chi connectivity index (χ4v) is 4.60. The van der Waals surface area contributed by atoms with Crippen molar-refractivity contribution >= 4 is 28.1 Å². The van der Waals surface area contributed by atoms with Crippen molar-refractivity contribution < 1.29 is 23.6 Å². The molecule has 0 aliphatic heterocycles. The van der Waals surface area contributed by atoms with Gasteiger partial charge in [-0.2, -0.15) is 9.50 Å². The lowest BCUT2D eigenvalue weighted by Gasteiger charge is -2.12. The standard InChI is InChI=1S/C24H18N4O7S/c1-32-18-10-13(11-19(33-2)21(18)34-3)22-25-24-27(26-22)23(29)20(36-24)12-14-8-9-17(35-14)15-6-4-5-7-16(15)28(30)31/h4-12H,1-3H3/b20-12-. The Balaban J connectivity index is 1.52. The summed E-state index contributed by atoms with van der Waals surface area (Å²) in [7, 11) is 4.53. The molecule has 11 nitrogen and oxygen atoms in total. The second-order valence-electron chi connectivity index (χ2n) is 7.44. The van der Waals surface area contributed by atoms with Gasteiger partial charge in [-0.25, -0.2) is 0 Å². The summed E-state index contributed by atoms with van der Waals surface area (Å²) in [6.07, 6.45) is 1.56. The Kier molecular flexibility index (Phi) is 5.86. The van der Waals surface area contributed by atoms with Gasteiger partial charge >= 0.3 is 0 Å². The highest BCUT2D eigenvalue weighted by Crippen LogP contribution is 2.40. The van der Waals surface area contributed by atoms with Crippen molar-refractivity contribution in [3.8, 4) is 40.0 Å². The third kappa shape index (κ3) is 3.92. The van der Waals surface area contributed by atoms with Gasteiger partial charge in [-0.15, -0.1) is 5.10 Å². The van der Waals surface area contributed by atoms with E-state index in [9.17, 15) is 14.9 Å². The average Bonchev–Trinajstić information content (AvgIpc) is 3.60. The van der Waals surface area contributed by atoms with Crippen molar-refractivity contribution in [2.24, 2.45) is 0 Å². The normalized spacial score (nSPS) is 11.7. The van der Waals surface area contributed by atoms with Crippen LogP contribution in [0.5, 0.6) is 17.2 Å². The van der Waals surface area contributed by atoms with Gasteiger partial charge in [0.05, 0.1) is 31.8 Å². The molecule has 0 saturated heterocycles. The molecule has 0 spiro atoms. The Morgan fingerprint density at radius 2 is 1.78 bits per heavy atom. The molecule has 2 aromatic carbocycles. The summed E-state index contributed by atoms with van der Waals surface area (Å²) in [5.74, 6) is 2.33. The largest absolute Gasteiger partial charge is 0.493 e. The fourth-order valence-electron chi connectivity index (χ4n) is 3.71. The van der Waals surface area contributed by atoms with E-state index >= 15 is 0 Å². The van der Waals surface area contributed by atoms with Crippen LogP contribution < -0.4 is 24.3 Å². The molecule has 0 amide bonds. The van der Waals surface area contributed by atoms with Crippen LogP contribution in [0, 0.1) is 10.1 Å². The van der Waals surface area contributed by atoms with Gasteiger partial charge in [-0.05, 0) is 30.3 Å². The summed E-state index contributed by atoms with van der Waals surface area (Å²) in [5, 5.41) is 15.7. The first-order valence-electron chi connectivity index (χ1n) is 10.5. The molecule has 0 unspecified atom stereocenters. The minimum atomic E-state index is -0.470. The summed E-state index contributed by atoms with van der Waals surface area (Å²) >= 11 is 1.14. The molecular weight excluding hydrogens is 488 g/mol. The Labute approximate surface area is 206 Å². The lowest BCUT2D eigenvalue weighted by atomic mass is 10.1. The monoisotopic (exact) mass is 506 g/mol. The molecule has 0 saturated carbocycles. The van der Waals surface area contributed by atoms with E-state index in [1.165, 1.54) is 31.9 Å². The number of ether oxygens (including phenoxy) is 3. The number of furan rings is 1. The van der Waals surface area contributed by atoms with Crippen molar-refractivity contribution in [1.82, 2.24) is 14.6 Å². The zero-order valence-corrected chi connectivity index (χ0v) is 20.1. The molecule has 0 bridgehead atoms. The maximum atomic E-state index is 13.0. The van der Waals surface area contributed by atoms with Crippen LogP contribution in [0.2, 0.25) is 0 Å². The molecule has 0 radical (unpaired) electrons. The molecule has 0 fully saturated rings. The number of nitrogens with zero attached hydrogens (tertiary/aromatic N) is 4.